The van der Waals surface area contributed by atoms with Gasteiger partial charge in [0.05, 0.1) is 44.6 Å². The van der Waals surface area contributed by atoms with Crippen LogP contribution in [0.15, 0.2) is 86.2 Å². The van der Waals surface area contributed by atoms with Crippen LogP contribution in [0.5, 0.6) is 17.2 Å². The van der Waals surface area contributed by atoms with Crippen LogP contribution in [-0.2, 0) is 16.1 Å². The van der Waals surface area contributed by atoms with E-state index in [-0.39, 0.29) is 25.6 Å². The van der Waals surface area contributed by atoms with Crippen LogP contribution in [-0.4, -0.2) is 23.9 Å². The molecule has 0 bridgehead atoms. The number of benzene rings is 3. The van der Waals surface area contributed by atoms with Crippen molar-refractivity contribution in [1.82, 2.24) is 4.57 Å². The molecule has 11 heteroatoms. The summed E-state index contributed by atoms with van der Waals surface area (Å²) in [6.45, 7) is 4.01. The smallest absolute Gasteiger partial charge is 0.338 e. The number of halogens is 1. The van der Waals surface area contributed by atoms with Gasteiger partial charge in [0.25, 0.3) is 5.56 Å². The summed E-state index contributed by atoms with van der Waals surface area (Å²) in [6, 6.07) is 19.6. The van der Waals surface area contributed by atoms with E-state index in [9.17, 15) is 14.9 Å². The molecule has 43 heavy (non-hydrogen) atoms. The van der Waals surface area contributed by atoms with Gasteiger partial charge in [-0.25, -0.2) is 9.79 Å². The van der Waals surface area contributed by atoms with Gasteiger partial charge in [0.1, 0.15) is 12.4 Å². The number of nitrogens with zero attached hydrogens (tertiary/aromatic N) is 3. The third kappa shape index (κ3) is 5.47. The van der Waals surface area contributed by atoms with E-state index in [1.807, 2.05) is 36.4 Å². The van der Waals surface area contributed by atoms with Crippen LogP contribution in [0.1, 0.15) is 42.1 Å². The lowest BCUT2D eigenvalue weighted by molar-refractivity contribution is -0.139. The molecule has 2 aliphatic rings. The normalized spacial score (nSPS) is 15.5. The summed E-state index contributed by atoms with van der Waals surface area (Å²) < 4.78 is 25.1. The van der Waals surface area contributed by atoms with E-state index in [0.29, 0.717) is 53.5 Å². The molecule has 0 unspecified atom stereocenters. The number of carbonyl (C=O) groups excluding carboxylic acids is 1. The first kappa shape index (κ1) is 28.5. The number of aromatic nitrogens is 1. The number of esters is 1. The molecule has 0 fully saturated rings. The zero-order valence-corrected chi connectivity index (χ0v) is 25.5. The Bertz CT molecular complexity index is 2020. The molecule has 0 N–H and O–H groups in total. The molecule has 4 aromatic rings. The number of ether oxygens (including phenoxy) is 4. The maximum Gasteiger partial charge on any atom is 0.338 e. The zero-order valence-electron chi connectivity index (χ0n) is 23.1. The molecule has 2 aliphatic heterocycles. The van der Waals surface area contributed by atoms with Crippen molar-refractivity contribution < 1.29 is 23.7 Å². The first-order chi connectivity index (χ1) is 20.9. The van der Waals surface area contributed by atoms with E-state index in [1.165, 1.54) is 15.9 Å². The second-order valence-electron chi connectivity index (χ2n) is 9.66. The van der Waals surface area contributed by atoms with Gasteiger partial charge in [-0.1, -0.05) is 41.7 Å². The Kier molecular flexibility index (Phi) is 7.88. The number of allylic oxidation sites excluding steroid dienone is 1. The SMILES string of the molecule is CCOC(=O)C1=C(C)N=c2s/c(=C/c3ccc(OCc4ccccc4C#N)c(Br)c3)c(=O)n2[C@H]1c1ccc2c(c1)OCO2. The van der Waals surface area contributed by atoms with Crippen LogP contribution in [0.4, 0.5) is 0 Å². The number of hydrogen-bond donors (Lipinski definition) is 0. The van der Waals surface area contributed by atoms with Gasteiger partial charge in [-0.15, -0.1) is 0 Å². The average molecular weight is 659 g/mol. The van der Waals surface area contributed by atoms with Crippen molar-refractivity contribution in [3.05, 3.63) is 118 Å². The summed E-state index contributed by atoms with van der Waals surface area (Å²) >= 11 is 4.81. The number of fused-ring (bicyclic) bond motifs is 2. The lowest BCUT2D eigenvalue weighted by atomic mass is 9.95. The van der Waals surface area contributed by atoms with Crippen molar-refractivity contribution in [2.24, 2.45) is 4.99 Å². The zero-order chi connectivity index (χ0) is 30.1. The Labute approximate surface area is 258 Å². The quantitative estimate of drug-likeness (QED) is 0.264. The second kappa shape index (κ2) is 11.9. The summed E-state index contributed by atoms with van der Waals surface area (Å²) in [5, 5.41) is 9.34. The van der Waals surface area contributed by atoms with E-state index in [1.54, 1.807) is 44.2 Å². The highest BCUT2D eigenvalue weighted by Gasteiger charge is 2.34. The number of rotatable bonds is 7. The molecule has 9 nitrogen and oxygen atoms in total. The molecule has 3 heterocycles. The minimum Gasteiger partial charge on any atom is -0.488 e. The van der Waals surface area contributed by atoms with Gasteiger partial charge in [0.15, 0.2) is 16.3 Å². The highest BCUT2D eigenvalue weighted by Crippen LogP contribution is 2.38. The Balaban J connectivity index is 1.37. The van der Waals surface area contributed by atoms with Gasteiger partial charge in [0.2, 0.25) is 6.79 Å². The molecule has 0 amide bonds. The summed E-state index contributed by atoms with van der Waals surface area (Å²) in [4.78, 5) is 32.2. The van der Waals surface area contributed by atoms with Crippen molar-refractivity contribution in [2.45, 2.75) is 26.5 Å². The maximum absolute atomic E-state index is 13.9. The van der Waals surface area contributed by atoms with Gasteiger partial charge in [-0.3, -0.25) is 9.36 Å². The molecule has 216 valence electrons. The van der Waals surface area contributed by atoms with Crippen molar-refractivity contribution in [2.75, 3.05) is 13.4 Å². The molecule has 0 spiro atoms. The number of nitriles is 1. The van der Waals surface area contributed by atoms with Gasteiger partial charge in [-0.05, 0) is 77.3 Å². The Morgan fingerprint density at radius 1 is 1.19 bits per heavy atom. The van der Waals surface area contributed by atoms with E-state index in [4.69, 9.17) is 18.9 Å². The molecule has 1 aromatic heterocycles. The number of hydrogen-bond acceptors (Lipinski definition) is 9. The van der Waals surface area contributed by atoms with E-state index >= 15 is 0 Å². The third-order valence-electron chi connectivity index (χ3n) is 7.00. The number of thiazole rings is 1. The fourth-order valence-corrected chi connectivity index (χ4v) is 6.53. The highest BCUT2D eigenvalue weighted by molar-refractivity contribution is 9.10. The van der Waals surface area contributed by atoms with Crippen molar-refractivity contribution in [1.29, 1.82) is 5.26 Å². The first-order valence-electron chi connectivity index (χ1n) is 13.4. The Morgan fingerprint density at radius 2 is 2.00 bits per heavy atom. The minimum absolute atomic E-state index is 0.105. The number of carbonyl (C=O) groups is 1. The average Bonchev–Trinajstić information content (AvgIpc) is 3.59. The van der Waals surface area contributed by atoms with E-state index in [2.05, 4.69) is 27.0 Å². The molecule has 0 aliphatic carbocycles. The monoisotopic (exact) mass is 657 g/mol. The van der Waals surface area contributed by atoms with Crippen molar-refractivity contribution >= 4 is 39.3 Å². The largest absolute Gasteiger partial charge is 0.488 e. The van der Waals surface area contributed by atoms with Crippen LogP contribution in [0.2, 0.25) is 0 Å². The first-order valence-corrected chi connectivity index (χ1v) is 15.0. The minimum atomic E-state index is -0.759. The second-order valence-corrected chi connectivity index (χ2v) is 11.5. The summed E-state index contributed by atoms with van der Waals surface area (Å²) in [7, 11) is 0. The van der Waals surface area contributed by atoms with Crippen molar-refractivity contribution in [3.63, 3.8) is 0 Å². The van der Waals surface area contributed by atoms with E-state index < -0.39 is 12.0 Å². The molecule has 0 radical (unpaired) electrons. The lowest BCUT2D eigenvalue weighted by Gasteiger charge is -2.24. The van der Waals surface area contributed by atoms with Crippen LogP contribution in [0.25, 0.3) is 6.08 Å². The molecule has 1 atom stereocenters. The van der Waals surface area contributed by atoms with Gasteiger partial charge in [-0.2, -0.15) is 5.26 Å². The maximum atomic E-state index is 13.9. The topological polar surface area (TPSA) is 112 Å². The molecular formula is C32H24BrN3O6S. The van der Waals surface area contributed by atoms with Crippen LogP contribution < -0.4 is 29.1 Å². The van der Waals surface area contributed by atoms with Crippen molar-refractivity contribution in [3.8, 4) is 23.3 Å². The predicted octanol–water partition coefficient (Wildman–Crippen LogP) is 4.74. The molecular weight excluding hydrogens is 634 g/mol. The van der Waals surface area contributed by atoms with Crippen LogP contribution in [0.3, 0.4) is 0 Å². The fraction of sp³-hybridized carbons (Fsp3) is 0.188. The highest BCUT2D eigenvalue weighted by atomic mass is 79.9. The summed E-state index contributed by atoms with van der Waals surface area (Å²) in [5.41, 5.74) is 3.28. The Morgan fingerprint density at radius 3 is 2.79 bits per heavy atom. The predicted molar refractivity (Wildman–Crippen MR) is 163 cm³/mol. The van der Waals surface area contributed by atoms with Crippen LogP contribution >= 0.6 is 27.3 Å². The Hall–Kier alpha value is -4.66. The third-order valence-corrected chi connectivity index (χ3v) is 8.61. The van der Waals surface area contributed by atoms with Gasteiger partial charge < -0.3 is 18.9 Å². The summed E-state index contributed by atoms with van der Waals surface area (Å²) in [5.74, 6) is 1.21. The van der Waals surface area contributed by atoms with Gasteiger partial charge >= 0.3 is 5.97 Å². The molecule has 0 saturated heterocycles. The molecule has 6 rings (SSSR count). The standard InChI is InChI=1S/C32H24BrN3O6S/c1-3-39-31(38)28-18(2)35-32-36(29(28)20-9-11-25-26(14-20)42-17-41-25)30(37)27(43-32)13-19-8-10-24(23(33)12-19)40-16-22-7-5-4-6-21(22)15-34/h4-14,29H,3,16-17H2,1-2H3/b27-13+/t29-/m0/s1. The summed E-state index contributed by atoms with van der Waals surface area (Å²) in [6.07, 6.45) is 1.78. The van der Waals surface area contributed by atoms with Crippen LogP contribution in [0, 0.1) is 11.3 Å². The molecule has 0 saturated carbocycles. The fourth-order valence-electron chi connectivity index (χ4n) is 4.98. The molecule has 3 aromatic carbocycles. The van der Waals surface area contributed by atoms with E-state index in [0.717, 1.165) is 11.1 Å². The van der Waals surface area contributed by atoms with Gasteiger partial charge in [0, 0.05) is 5.56 Å². The lowest BCUT2D eigenvalue weighted by Crippen LogP contribution is -2.39.